The van der Waals surface area contributed by atoms with Crippen molar-refractivity contribution in [3.63, 3.8) is 0 Å². The maximum Gasteiger partial charge on any atom is 0.416 e. The molecule has 0 spiro atoms. The highest BCUT2D eigenvalue weighted by Crippen LogP contribution is 2.32. The van der Waals surface area contributed by atoms with Gasteiger partial charge in [0.05, 0.1) is 17.5 Å². The van der Waals surface area contributed by atoms with E-state index in [-0.39, 0.29) is 18.7 Å². The number of anilines is 1. The zero-order chi connectivity index (χ0) is 28.8. The molecule has 0 aromatic heterocycles. The third-order valence-corrected chi connectivity index (χ3v) is 7.06. The minimum absolute atomic E-state index is 0.0654. The van der Waals surface area contributed by atoms with Crippen molar-refractivity contribution in [1.29, 1.82) is 0 Å². The number of amides is 2. The summed E-state index contributed by atoms with van der Waals surface area (Å²) in [5.74, 6) is -1.90. The molecule has 1 N–H and O–H groups in total. The van der Waals surface area contributed by atoms with Crippen molar-refractivity contribution in [3.8, 4) is 0 Å². The molecule has 0 fully saturated rings. The van der Waals surface area contributed by atoms with Gasteiger partial charge in [-0.15, -0.1) is 0 Å². The van der Waals surface area contributed by atoms with E-state index in [0.29, 0.717) is 21.5 Å². The summed E-state index contributed by atoms with van der Waals surface area (Å²) in [6.45, 7) is -1.06. The highest BCUT2D eigenvalue weighted by Gasteiger charge is 2.34. The van der Waals surface area contributed by atoms with Gasteiger partial charge in [-0.05, 0) is 41.5 Å². The van der Waals surface area contributed by atoms with Crippen LogP contribution in [0.2, 0.25) is 0 Å². The van der Waals surface area contributed by atoms with E-state index in [1.165, 1.54) is 31.3 Å². The molecule has 12 heteroatoms. The number of benzene rings is 3. The van der Waals surface area contributed by atoms with Gasteiger partial charge < -0.3 is 10.2 Å². The Morgan fingerprint density at radius 1 is 0.923 bits per heavy atom. The predicted molar refractivity (Wildman–Crippen MR) is 139 cm³/mol. The lowest BCUT2D eigenvalue weighted by Gasteiger charge is -2.33. The normalized spacial score (nSPS) is 12.5. The van der Waals surface area contributed by atoms with Crippen molar-refractivity contribution in [3.05, 3.63) is 101 Å². The summed E-state index contributed by atoms with van der Waals surface area (Å²) in [5, 5.41) is 2.51. The molecular formula is C27H27F4N3O4S. The van der Waals surface area contributed by atoms with Crippen LogP contribution in [0.3, 0.4) is 0 Å². The van der Waals surface area contributed by atoms with Crippen molar-refractivity contribution in [2.45, 2.75) is 25.2 Å². The molecule has 2 amide bonds. The second kappa shape index (κ2) is 12.3. The fourth-order valence-corrected chi connectivity index (χ4v) is 4.80. The van der Waals surface area contributed by atoms with E-state index in [0.717, 1.165) is 29.4 Å². The first kappa shape index (κ1) is 29.6. The molecule has 7 nitrogen and oxygen atoms in total. The molecule has 0 saturated heterocycles. The summed E-state index contributed by atoms with van der Waals surface area (Å²) in [6, 6.07) is 16.5. The van der Waals surface area contributed by atoms with Crippen LogP contribution in [0.5, 0.6) is 0 Å². The van der Waals surface area contributed by atoms with Gasteiger partial charge in [-0.1, -0.05) is 48.5 Å². The molecule has 3 aromatic rings. The Balaban J connectivity index is 2.04. The fourth-order valence-electron chi connectivity index (χ4n) is 3.96. The molecule has 3 aromatic carbocycles. The van der Waals surface area contributed by atoms with Crippen molar-refractivity contribution < 1.29 is 35.6 Å². The van der Waals surface area contributed by atoms with E-state index in [9.17, 15) is 35.6 Å². The van der Waals surface area contributed by atoms with Gasteiger partial charge in [0.2, 0.25) is 21.8 Å². The van der Waals surface area contributed by atoms with Gasteiger partial charge in [0.1, 0.15) is 18.4 Å². The monoisotopic (exact) mass is 565 g/mol. The van der Waals surface area contributed by atoms with Crippen LogP contribution in [0, 0.1) is 5.82 Å². The Bertz CT molecular complexity index is 1400. The van der Waals surface area contributed by atoms with Crippen LogP contribution in [-0.2, 0) is 38.8 Å². The average molecular weight is 566 g/mol. The van der Waals surface area contributed by atoms with Gasteiger partial charge >= 0.3 is 6.18 Å². The van der Waals surface area contributed by atoms with E-state index in [1.807, 2.05) is 0 Å². The number of alkyl halides is 3. The Morgan fingerprint density at radius 3 is 2.13 bits per heavy atom. The largest absolute Gasteiger partial charge is 0.416 e. The molecule has 0 heterocycles. The summed E-state index contributed by atoms with van der Waals surface area (Å²) in [5.41, 5.74) is -0.281. The molecule has 0 aliphatic rings. The summed E-state index contributed by atoms with van der Waals surface area (Å²) in [6.07, 6.45) is -3.90. The quantitative estimate of drug-likeness (QED) is 0.377. The zero-order valence-electron chi connectivity index (χ0n) is 21.2. The lowest BCUT2D eigenvalue weighted by molar-refractivity contribution is -0.139. The lowest BCUT2D eigenvalue weighted by Crippen LogP contribution is -2.52. The molecule has 0 unspecified atom stereocenters. The first-order valence-corrected chi connectivity index (χ1v) is 13.6. The Kier molecular flexibility index (Phi) is 9.33. The molecular weight excluding hydrogens is 538 g/mol. The number of halogens is 4. The van der Waals surface area contributed by atoms with E-state index in [4.69, 9.17) is 0 Å². The summed E-state index contributed by atoms with van der Waals surface area (Å²) in [7, 11) is -2.85. The van der Waals surface area contributed by atoms with Gasteiger partial charge in [0, 0.05) is 20.0 Å². The number of rotatable bonds is 10. The second-order valence-electron chi connectivity index (χ2n) is 8.79. The molecule has 208 valence electrons. The highest BCUT2D eigenvalue weighted by molar-refractivity contribution is 7.92. The van der Waals surface area contributed by atoms with Crippen LogP contribution in [0.25, 0.3) is 0 Å². The molecule has 1 atom stereocenters. The van der Waals surface area contributed by atoms with Crippen LogP contribution in [0.1, 0.15) is 16.7 Å². The molecule has 0 aliphatic heterocycles. The fraction of sp³-hybridized carbons (Fsp3) is 0.259. The van der Waals surface area contributed by atoms with Crippen molar-refractivity contribution in [2.75, 3.05) is 24.2 Å². The molecule has 3 rings (SSSR count). The third kappa shape index (κ3) is 8.03. The van der Waals surface area contributed by atoms with E-state index >= 15 is 0 Å². The van der Waals surface area contributed by atoms with Crippen LogP contribution >= 0.6 is 0 Å². The molecule has 39 heavy (non-hydrogen) atoms. The van der Waals surface area contributed by atoms with E-state index < -0.39 is 52.0 Å². The predicted octanol–water partition coefficient (Wildman–Crippen LogP) is 4.00. The van der Waals surface area contributed by atoms with Gasteiger partial charge in [0.25, 0.3) is 0 Å². The maximum absolute atomic E-state index is 13.7. The lowest BCUT2D eigenvalue weighted by atomic mass is 10.0. The maximum atomic E-state index is 13.7. The van der Waals surface area contributed by atoms with Crippen molar-refractivity contribution in [2.24, 2.45) is 0 Å². The SMILES string of the molecule is CNC(=O)[C@H](Cc1ccccc1)N(Cc1ccc(F)cc1)C(=O)CN(c1cccc(C(F)(F)F)c1)S(C)(=O)=O. The van der Waals surface area contributed by atoms with Crippen molar-refractivity contribution >= 4 is 27.5 Å². The van der Waals surface area contributed by atoms with Crippen molar-refractivity contribution in [1.82, 2.24) is 10.2 Å². The molecule has 0 radical (unpaired) electrons. The Morgan fingerprint density at radius 2 is 1.56 bits per heavy atom. The highest BCUT2D eigenvalue weighted by atomic mass is 32.2. The zero-order valence-corrected chi connectivity index (χ0v) is 22.0. The van der Waals surface area contributed by atoms with Crippen LogP contribution in [-0.4, -0.2) is 51.0 Å². The van der Waals surface area contributed by atoms with E-state index in [1.54, 1.807) is 30.3 Å². The number of sulfonamides is 1. The third-order valence-electron chi connectivity index (χ3n) is 5.92. The minimum Gasteiger partial charge on any atom is -0.357 e. The van der Waals surface area contributed by atoms with Crippen LogP contribution in [0.4, 0.5) is 23.2 Å². The number of hydrogen-bond acceptors (Lipinski definition) is 4. The summed E-state index contributed by atoms with van der Waals surface area (Å²) in [4.78, 5) is 27.9. The van der Waals surface area contributed by atoms with E-state index in [2.05, 4.69) is 5.32 Å². The average Bonchev–Trinajstić information content (AvgIpc) is 2.89. The molecule has 0 aliphatic carbocycles. The number of likely N-dealkylation sites (N-methyl/N-ethyl adjacent to an activating group) is 1. The second-order valence-corrected chi connectivity index (χ2v) is 10.7. The van der Waals surface area contributed by atoms with Gasteiger partial charge in [0.15, 0.2) is 0 Å². The number of hydrogen-bond donors (Lipinski definition) is 1. The number of carbonyl (C=O) groups is 2. The van der Waals surface area contributed by atoms with Crippen LogP contribution in [0.15, 0.2) is 78.9 Å². The smallest absolute Gasteiger partial charge is 0.357 e. The van der Waals surface area contributed by atoms with Crippen LogP contribution < -0.4 is 9.62 Å². The molecule has 0 saturated carbocycles. The van der Waals surface area contributed by atoms with Gasteiger partial charge in [-0.25, -0.2) is 12.8 Å². The first-order chi connectivity index (χ1) is 18.3. The standard InChI is InChI=1S/C27H27F4N3O4S/c1-32-26(36)24(15-19-7-4-3-5-8-19)33(17-20-11-13-22(28)14-12-20)25(35)18-34(39(2,37)38)23-10-6-9-21(16-23)27(29,30)31/h3-14,16,24H,15,17-18H2,1-2H3,(H,32,36)/t24-/m0/s1. The Hall–Kier alpha value is -3.93. The van der Waals surface area contributed by atoms with Gasteiger partial charge in [-0.2, -0.15) is 13.2 Å². The summed E-state index contributed by atoms with van der Waals surface area (Å²) < 4.78 is 79.3. The number of nitrogens with one attached hydrogen (secondary N) is 1. The summed E-state index contributed by atoms with van der Waals surface area (Å²) >= 11 is 0. The number of carbonyl (C=O) groups excluding carboxylic acids is 2. The number of nitrogens with zero attached hydrogens (tertiary/aromatic N) is 2. The first-order valence-electron chi connectivity index (χ1n) is 11.7. The Labute approximate surface area is 224 Å². The van der Waals surface area contributed by atoms with Gasteiger partial charge in [-0.3, -0.25) is 13.9 Å². The topological polar surface area (TPSA) is 86.8 Å². The molecule has 0 bridgehead atoms. The minimum atomic E-state index is -4.74.